The van der Waals surface area contributed by atoms with Crippen molar-refractivity contribution >= 4 is 0 Å². The van der Waals surface area contributed by atoms with Crippen LogP contribution in [0.15, 0.2) is 0 Å². The van der Waals surface area contributed by atoms with Gasteiger partial charge in [0.1, 0.15) is 6.23 Å². The van der Waals surface area contributed by atoms with E-state index in [4.69, 9.17) is 4.74 Å². The van der Waals surface area contributed by atoms with Crippen LogP contribution in [0.25, 0.3) is 0 Å². The third kappa shape index (κ3) is 1.17. The first-order chi connectivity index (χ1) is 4.97. The van der Waals surface area contributed by atoms with Crippen molar-refractivity contribution < 1.29 is 4.74 Å². The minimum Gasteiger partial charge on any atom is -0.360 e. The zero-order valence-electron chi connectivity index (χ0n) is 6.05. The molecule has 0 aromatic carbocycles. The van der Waals surface area contributed by atoms with Crippen LogP contribution in [-0.2, 0) is 4.74 Å². The quantitative estimate of drug-likeness (QED) is 0.544. The lowest BCUT2D eigenvalue weighted by Crippen LogP contribution is -2.38. The highest BCUT2D eigenvalue weighted by atomic mass is 16.5. The van der Waals surface area contributed by atoms with Crippen molar-refractivity contribution in [1.29, 1.82) is 0 Å². The third-order valence-electron chi connectivity index (χ3n) is 2.12. The second kappa shape index (κ2) is 2.86. The zero-order valence-corrected chi connectivity index (χ0v) is 6.05. The summed E-state index contributed by atoms with van der Waals surface area (Å²) in [6, 6.07) is 0.447. The Morgan fingerprint density at radius 2 is 2.50 bits per heavy atom. The summed E-state index contributed by atoms with van der Waals surface area (Å²) >= 11 is 0. The molecule has 1 radical (unpaired) electrons. The van der Waals surface area contributed by atoms with Crippen molar-refractivity contribution in [2.75, 3.05) is 19.7 Å². The van der Waals surface area contributed by atoms with Crippen molar-refractivity contribution in [3.8, 4) is 0 Å². The lowest BCUT2D eigenvalue weighted by atomic mass is 10.2. The maximum atomic E-state index is 5.43. The Bertz CT molecular complexity index is 92.2. The molecule has 0 saturated carbocycles. The van der Waals surface area contributed by atoms with Gasteiger partial charge < -0.3 is 4.74 Å². The van der Waals surface area contributed by atoms with E-state index in [1.54, 1.807) is 0 Å². The van der Waals surface area contributed by atoms with E-state index >= 15 is 0 Å². The fourth-order valence-electron chi connectivity index (χ4n) is 1.59. The predicted octanol–water partition coefficient (Wildman–Crippen LogP) is -0.301. The summed E-state index contributed by atoms with van der Waals surface area (Å²) < 4.78 is 5.43. The molecule has 3 nitrogen and oxygen atoms in total. The van der Waals surface area contributed by atoms with Crippen LogP contribution < -0.4 is 10.6 Å². The molecule has 0 aromatic rings. The van der Waals surface area contributed by atoms with Crippen LogP contribution in [0, 0.1) is 0 Å². The average molecular weight is 141 g/mol. The molecule has 1 N–H and O–H groups in total. The minimum atomic E-state index is 0.238. The lowest BCUT2D eigenvalue weighted by molar-refractivity contribution is 0.0730. The molecule has 2 heterocycles. The number of hydrogen-bond acceptors (Lipinski definition) is 2. The standard InChI is InChI=1S/C7H13N2O/c1-2-6(8-3-1)7-9-4-5-10-7/h6-7,9H,1-5H2. The number of rotatable bonds is 1. The molecule has 10 heavy (non-hydrogen) atoms. The SMILES string of the molecule is C1C[N]C(C2NCCO2)C1. The van der Waals surface area contributed by atoms with Crippen molar-refractivity contribution in [1.82, 2.24) is 10.6 Å². The van der Waals surface area contributed by atoms with Gasteiger partial charge in [-0.1, -0.05) is 0 Å². The molecular weight excluding hydrogens is 128 g/mol. The molecule has 0 amide bonds. The highest BCUT2D eigenvalue weighted by Crippen LogP contribution is 2.13. The first-order valence-corrected chi connectivity index (χ1v) is 3.98. The topological polar surface area (TPSA) is 35.4 Å². The van der Waals surface area contributed by atoms with Gasteiger partial charge in [-0.15, -0.1) is 0 Å². The van der Waals surface area contributed by atoms with Gasteiger partial charge >= 0.3 is 0 Å². The van der Waals surface area contributed by atoms with Crippen LogP contribution in [0.5, 0.6) is 0 Å². The average Bonchev–Trinajstić information content (AvgIpc) is 2.59. The summed E-state index contributed by atoms with van der Waals surface area (Å²) in [7, 11) is 0. The smallest absolute Gasteiger partial charge is 0.125 e. The van der Waals surface area contributed by atoms with Crippen LogP contribution >= 0.6 is 0 Å². The zero-order chi connectivity index (χ0) is 6.81. The predicted molar refractivity (Wildman–Crippen MR) is 37.8 cm³/mol. The first-order valence-electron chi connectivity index (χ1n) is 3.98. The van der Waals surface area contributed by atoms with Gasteiger partial charge in [-0.3, -0.25) is 5.32 Å². The molecule has 2 unspecified atom stereocenters. The van der Waals surface area contributed by atoms with E-state index in [-0.39, 0.29) is 6.23 Å². The second-order valence-electron chi connectivity index (χ2n) is 2.86. The summed E-state index contributed by atoms with van der Waals surface area (Å²) in [4.78, 5) is 0. The Morgan fingerprint density at radius 3 is 3.10 bits per heavy atom. The molecule has 2 saturated heterocycles. The number of nitrogens with zero attached hydrogens (tertiary/aromatic N) is 1. The molecule has 0 aromatic heterocycles. The second-order valence-corrected chi connectivity index (χ2v) is 2.86. The van der Waals surface area contributed by atoms with Crippen molar-refractivity contribution in [3.05, 3.63) is 0 Å². The van der Waals surface area contributed by atoms with E-state index < -0.39 is 0 Å². The van der Waals surface area contributed by atoms with Gasteiger partial charge in [0.25, 0.3) is 0 Å². The van der Waals surface area contributed by atoms with E-state index in [1.165, 1.54) is 12.8 Å². The molecule has 0 aliphatic carbocycles. The maximum Gasteiger partial charge on any atom is 0.125 e. The van der Waals surface area contributed by atoms with Crippen molar-refractivity contribution in [2.24, 2.45) is 0 Å². The Labute approximate surface area is 61.1 Å². The fraction of sp³-hybridized carbons (Fsp3) is 1.00. The fourth-order valence-corrected chi connectivity index (χ4v) is 1.59. The van der Waals surface area contributed by atoms with Crippen LogP contribution in [0.1, 0.15) is 12.8 Å². The van der Waals surface area contributed by atoms with Crippen LogP contribution in [0.2, 0.25) is 0 Å². The Kier molecular flexibility index (Phi) is 1.88. The van der Waals surface area contributed by atoms with Crippen LogP contribution in [0.4, 0.5) is 0 Å². The summed E-state index contributed by atoms with van der Waals surface area (Å²) in [5.74, 6) is 0. The van der Waals surface area contributed by atoms with Crippen molar-refractivity contribution in [2.45, 2.75) is 25.1 Å². The molecule has 57 valence electrons. The molecular formula is C7H13N2O. The first kappa shape index (κ1) is 6.58. The molecule has 2 atom stereocenters. The minimum absolute atomic E-state index is 0.238. The highest BCUT2D eigenvalue weighted by Gasteiger charge is 2.28. The largest absolute Gasteiger partial charge is 0.360 e. The molecule has 2 aliphatic rings. The summed E-state index contributed by atoms with van der Waals surface area (Å²) in [5.41, 5.74) is 0. The van der Waals surface area contributed by atoms with E-state index in [1.807, 2.05) is 0 Å². The number of hydrogen-bond donors (Lipinski definition) is 1. The van der Waals surface area contributed by atoms with Gasteiger partial charge in [0.05, 0.1) is 12.6 Å². The summed E-state index contributed by atoms with van der Waals surface area (Å²) in [6.45, 7) is 2.89. The monoisotopic (exact) mass is 141 g/mol. The van der Waals surface area contributed by atoms with Gasteiger partial charge in [-0.25, -0.2) is 5.32 Å². The van der Waals surface area contributed by atoms with E-state index in [2.05, 4.69) is 10.6 Å². The third-order valence-corrected chi connectivity index (χ3v) is 2.12. The molecule has 3 heteroatoms. The Balaban J connectivity index is 1.85. The van der Waals surface area contributed by atoms with E-state index in [9.17, 15) is 0 Å². The van der Waals surface area contributed by atoms with Gasteiger partial charge in [0, 0.05) is 13.1 Å². The van der Waals surface area contributed by atoms with E-state index in [0.717, 1.165) is 19.7 Å². The highest BCUT2D eigenvalue weighted by molar-refractivity contribution is 4.82. The maximum absolute atomic E-state index is 5.43. The molecule has 2 fully saturated rings. The van der Waals surface area contributed by atoms with Crippen LogP contribution in [-0.4, -0.2) is 32.0 Å². The Morgan fingerprint density at radius 1 is 1.50 bits per heavy atom. The van der Waals surface area contributed by atoms with Gasteiger partial charge in [0.2, 0.25) is 0 Å². The normalized spacial score (nSPS) is 40.8. The lowest BCUT2D eigenvalue weighted by Gasteiger charge is -2.15. The van der Waals surface area contributed by atoms with Gasteiger partial charge in [-0.2, -0.15) is 0 Å². The molecule has 0 spiro atoms. The number of nitrogens with one attached hydrogen (secondary N) is 1. The molecule has 2 aliphatic heterocycles. The molecule has 0 bridgehead atoms. The summed E-state index contributed by atoms with van der Waals surface area (Å²) in [6.07, 6.45) is 2.69. The van der Waals surface area contributed by atoms with Gasteiger partial charge in [0.15, 0.2) is 0 Å². The Hall–Kier alpha value is -0.120. The van der Waals surface area contributed by atoms with Crippen molar-refractivity contribution in [3.63, 3.8) is 0 Å². The van der Waals surface area contributed by atoms with Gasteiger partial charge in [-0.05, 0) is 12.8 Å². The summed E-state index contributed by atoms with van der Waals surface area (Å²) in [5, 5.41) is 7.71. The number of ether oxygens (including phenoxy) is 1. The van der Waals surface area contributed by atoms with E-state index in [0.29, 0.717) is 6.04 Å². The molecule has 2 rings (SSSR count). The van der Waals surface area contributed by atoms with Crippen LogP contribution in [0.3, 0.4) is 0 Å².